The molecule has 0 atom stereocenters. The molecule has 0 heterocycles. The van der Waals surface area contributed by atoms with Crippen LogP contribution in [0.15, 0.2) is 58.4 Å². The molecule has 1 aliphatic rings. The molecule has 0 saturated carbocycles. The van der Waals surface area contributed by atoms with Crippen molar-refractivity contribution >= 4 is 9.84 Å². The first-order valence-corrected chi connectivity index (χ1v) is 7.07. The summed E-state index contributed by atoms with van der Waals surface area (Å²) in [5.74, 6) is 0. The molecule has 0 fully saturated rings. The van der Waals surface area contributed by atoms with Crippen molar-refractivity contribution < 1.29 is 8.42 Å². The Bertz CT molecular complexity index is 514. The third-order valence-electron chi connectivity index (χ3n) is 2.59. The van der Waals surface area contributed by atoms with E-state index >= 15 is 0 Å². The van der Waals surface area contributed by atoms with Crippen molar-refractivity contribution in [3.63, 3.8) is 0 Å². The Balaban J connectivity index is 3.19. The molecular weight excluding hydrogens is 232 g/mol. The highest BCUT2D eigenvalue weighted by atomic mass is 32.2. The smallest absolute Gasteiger partial charge is 0.202 e. The van der Waals surface area contributed by atoms with Crippen LogP contribution in [0, 0.1) is 0 Å². The molecule has 0 unspecified atom stereocenters. The molecule has 1 rings (SSSR count). The zero-order chi connectivity index (χ0) is 12.9. The van der Waals surface area contributed by atoms with Crippen LogP contribution in [0.25, 0.3) is 0 Å². The summed E-state index contributed by atoms with van der Waals surface area (Å²) in [6, 6.07) is 0. The highest BCUT2D eigenvalue weighted by molar-refractivity contribution is 7.99. The van der Waals surface area contributed by atoms with E-state index in [0.29, 0.717) is 16.2 Å². The monoisotopic (exact) mass is 250 g/mol. The Morgan fingerprint density at radius 1 is 1.35 bits per heavy atom. The average Bonchev–Trinajstić information content (AvgIpc) is 2.29. The van der Waals surface area contributed by atoms with E-state index < -0.39 is 9.84 Å². The van der Waals surface area contributed by atoms with Gasteiger partial charge in [0.15, 0.2) is 0 Å². The zero-order valence-corrected chi connectivity index (χ0v) is 11.1. The van der Waals surface area contributed by atoms with Gasteiger partial charge in [-0.3, -0.25) is 0 Å². The summed E-state index contributed by atoms with van der Waals surface area (Å²) in [6.45, 7) is 7.35. The molecule has 0 amide bonds. The SMILES string of the molecule is C=C/C=C(\C=C/C)S(=O)(=O)C1=CC=C(C)CC1. The second-order valence-corrected chi connectivity index (χ2v) is 5.96. The van der Waals surface area contributed by atoms with Gasteiger partial charge in [0.05, 0.1) is 4.91 Å². The van der Waals surface area contributed by atoms with Crippen LogP contribution < -0.4 is 0 Å². The highest BCUT2D eigenvalue weighted by Crippen LogP contribution is 2.27. The van der Waals surface area contributed by atoms with Gasteiger partial charge in [-0.15, -0.1) is 0 Å². The van der Waals surface area contributed by atoms with Crippen molar-refractivity contribution in [1.29, 1.82) is 0 Å². The van der Waals surface area contributed by atoms with Crippen molar-refractivity contribution in [3.8, 4) is 0 Å². The molecule has 3 heteroatoms. The van der Waals surface area contributed by atoms with E-state index in [4.69, 9.17) is 0 Å². The van der Waals surface area contributed by atoms with Crippen LogP contribution in [-0.2, 0) is 9.84 Å². The van der Waals surface area contributed by atoms with Crippen molar-refractivity contribution in [2.75, 3.05) is 0 Å². The van der Waals surface area contributed by atoms with Crippen molar-refractivity contribution in [2.24, 2.45) is 0 Å². The van der Waals surface area contributed by atoms with E-state index in [9.17, 15) is 8.42 Å². The van der Waals surface area contributed by atoms with Gasteiger partial charge in [-0.1, -0.05) is 30.4 Å². The van der Waals surface area contributed by atoms with Crippen LogP contribution in [-0.4, -0.2) is 8.42 Å². The van der Waals surface area contributed by atoms with E-state index in [2.05, 4.69) is 6.58 Å². The highest BCUT2D eigenvalue weighted by Gasteiger charge is 2.21. The van der Waals surface area contributed by atoms with Gasteiger partial charge in [0.25, 0.3) is 0 Å². The lowest BCUT2D eigenvalue weighted by Gasteiger charge is -2.13. The van der Waals surface area contributed by atoms with Crippen molar-refractivity contribution in [1.82, 2.24) is 0 Å². The summed E-state index contributed by atoms with van der Waals surface area (Å²) < 4.78 is 24.6. The third kappa shape index (κ3) is 3.30. The van der Waals surface area contributed by atoms with Crippen LogP contribution in [0.5, 0.6) is 0 Å². The Kier molecular flexibility index (Phi) is 4.70. The summed E-state index contributed by atoms with van der Waals surface area (Å²) in [7, 11) is -3.35. The predicted molar refractivity (Wildman–Crippen MR) is 73.1 cm³/mol. The van der Waals surface area contributed by atoms with E-state index in [1.165, 1.54) is 17.7 Å². The minimum atomic E-state index is -3.35. The van der Waals surface area contributed by atoms with Gasteiger partial charge in [0.1, 0.15) is 0 Å². The van der Waals surface area contributed by atoms with Gasteiger partial charge in [0, 0.05) is 4.91 Å². The fourth-order valence-corrected chi connectivity index (χ4v) is 3.12. The maximum Gasteiger partial charge on any atom is 0.202 e. The summed E-state index contributed by atoms with van der Waals surface area (Å²) >= 11 is 0. The molecule has 17 heavy (non-hydrogen) atoms. The number of sulfone groups is 1. The van der Waals surface area contributed by atoms with E-state index in [1.807, 2.05) is 13.0 Å². The molecule has 0 aromatic heterocycles. The van der Waals surface area contributed by atoms with Gasteiger partial charge in [-0.2, -0.15) is 0 Å². The summed E-state index contributed by atoms with van der Waals surface area (Å²) in [4.78, 5) is 0.781. The molecular formula is C14H18O2S. The van der Waals surface area contributed by atoms with Crippen molar-refractivity contribution in [2.45, 2.75) is 26.7 Å². The van der Waals surface area contributed by atoms with Gasteiger partial charge >= 0.3 is 0 Å². The standard InChI is InChI=1S/C14H18O2S/c1-4-6-13(7-5-2)17(15,16)14-10-8-12(3)9-11-14/h4-8,10H,1,9,11H2,2-3H3/b7-5-,13-6+. The largest absolute Gasteiger partial charge is 0.219 e. The Morgan fingerprint density at radius 3 is 2.53 bits per heavy atom. The van der Waals surface area contributed by atoms with Crippen molar-refractivity contribution in [3.05, 3.63) is 58.4 Å². The number of rotatable bonds is 4. The van der Waals surface area contributed by atoms with Crippen LogP contribution in [0.4, 0.5) is 0 Å². The molecule has 0 bridgehead atoms. The van der Waals surface area contributed by atoms with Gasteiger partial charge in [-0.25, -0.2) is 8.42 Å². The lowest BCUT2D eigenvalue weighted by Crippen LogP contribution is -2.08. The number of hydrogen-bond acceptors (Lipinski definition) is 2. The first-order valence-electron chi connectivity index (χ1n) is 5.59. The zero-order valence-electron chi connectivity index (χ0n) is 10.3. The maximum absolute atomic E-state index is 12.3. The quantitative estimate of drug-likeness (QED) is 0.713. The molecule has 0 N–H and O–H groups in total. The molecule has 1 aliphatic carbocycles. The van der Waals surface area contributed by atoms with Gasteiger partial charge in [0.2, 0.25) is 9.84 Å². The molecule has 0 radical (unpaired) electrons. The van der Waals surface area contributed by atoms with E-state index in [1.54, 1.807) is 25.2 Å². The predicted octanol–water partition coefficient (Wildman–Crippen LogP) is 3.67. The Labute approximate surface area is 104 Å². The minimum absolute atomic E-state index is 0.300. The first-order chi connectivity index (χ1) is 8.02. The second-order valence-electron chi connectivity index (χ2n) is 3.95. The average molecular weight is 250 g/mol. The normalized spacial score (nSPS) is 17.9. The number of hydrogen-bond donors (Lipinski definition) is 0. The van der Waals surface area contributed by atoms with Crippen LogP contribution >= 0.6 is 0 Å². The first kappa shape index (κ1) is 13.7. The molecule has 0 aromatic rings. The van der Waals surface area contributed by atoms with E-state index in [0.717, 1.165) is 6.42 Å². The molecule has 0 aromatic carbocycles. The molecule has 2 nitrogen and oxygen atoms in total. The summed E-state index contributed by atoms with van der Waals surface area (Å²) in [5, 5.41) is 0. The van der Waals surface area contributed by atoms with Crippen LogP contribution in [0.2, 0.25) is 0 Å². The lowest BCUT2D eigenvalue weighted by atomic mass is 10.1. The van der Waals surface area contributed by atoms with Crippen LogP contribution in [0.3, 0.4) is 0 Å². The summed E-state index contributed by atoms with van der Waals surface area (Å²) in [6.07, 6.45) is 11.3. The molecule has 0 saturated heterocycles. The van der Waals surface area contributed by atoms with Crippen LogP contribution in [0.1, 0.15) is 26.7 Å². The third-order valence-corrected chi connectivity index (χ3v) is 4.51. The molecule has 0 spiro atoms. The fourth-order valence-electron chi connectivity index (χ4n) is 1.61. The number of allylic oxidation sites excluding steroid dienone is 8. The fraction of sp³-hybridized carbons (Fsp3) is 0.286. The van der Waals surface area contributed by atoms with E-state index in [-0.39, 0.29) is 0 Å². The topological polar surface area (TPSA) is 34.1 Å². The van der Waals surface area contributed by atoms with Gasteiger partial charge < -0.3 is 0 Å². The summed E-state index contributed by atoms with van der Waals surface area (Å²) in [5.41, 5.74) is 1.21. The lowest BCUT2D eigenvalue weighted by molar-refractivity contribution is 0.606. The Morgan fingerprint density at radius 2 is 2.06 bits per heavy atom. The maximum atomic E-state index is 12.3. The molecule has 92 valence electrons. The molecule has 0 aliphatic heterocycles. The van der Waals surface area contributed by atoms with Gasteiger partial charge in [-0.05, 0) is 44.9 Å². The minimum Gasteiger partial charge on any atom is -0.219 e. The second kappa shape index (κ2) is 5.82. The Hall–Kier alpha value is -1.35.